The van der Waals surface area contributed by atoms with E-state index in [0.717, 1.165) is 31.7 Å². The van der Waals surface area contributed by atoms with Crippen molar-refractivity contribution in [3.8, 4) is 0 Å². The monoisotopic (exact) mass is 403 g/mol. The van der Waals surface area contributed by atoms with Crippen molar-refractivity contribution >= 4 is 40.9 Å². The van der Waals surface area contributed by atoms with Crippen molar-refractivity contribution in [3.05, 3.63) is 23.0 Å². The number of carbonyl (C=O) groups is 2. The second-order valence-electron chi connectivity index (χ2n) is 5.95. The van der Waals surface area contributed by atoms with Crippen LogP contribution >= 0.6 is 23.4 Å². The van der Waals surface area contributed by atoms with E-state index in [1.165, 1.54) is 17.8 Å². The molecule has 0 fully saturated rings. The lowest BCUT2D eigenvalue weighted by atomic mass is 10.2. The fourth-order valence-electron chi connectivity index (χ4n) is 2.21. The first-order chi connectivity index (χ1) is 12.4. The average Bonchev–Trinajstić information content (AvgIpc) is 2.61. The summed E-state index contributed by atoms with van der Waals surface area (Å²) in [5.74, 6) is -1.14. The summed E-state index contributed by atoms with van der Waals surface area (Å²) in [7, 11) is 0. The second kappa shape index (κ2) is 12.2. The van der Waals surface area contributed by atoms with Crippen molar-refractivity contribution in [2.24, 2.45) is 0 Å². The summed E-state index contributed by atoms with van der Waals surface area (Å²) in [4.78, 5) is 24.6. The van der Waals surface area contributed by atoms with E-state index in [9.17, 15) is 14.0 Å². The molecule has 1 N–H and O–H groups in total. The van der Waals surface area contributed by atoms with Crippen LogP contribution < -0.4 is 5.32 Å². The first kappa shape index (κ1) is 22.8. The summed E-state index contributed by atoms with van der Waals surface area (Å²) in [5.41, 5.74) is 0.0789. The Hall–Kier alpha value is -1.27. The van der Waals surface area contributed by atoms with E-state index >= 15 is 0 Å². The van der Waals surface area contributed by atoms with Crippen LogP contribution in [0.4, 0.5) is 10.1 Å². The fraction of sp³-hybridized carbons (Fsp3) is 0.579. The number of hydrogen-bond acceptors (Lipinski definition) is 4. The van der Waals surface area contributed by atoms with Crippen LogP contribution in [0.3, 0.4) is 0 Å². The Bertz CT molecular complexity index is 613. The van der Waals surface area contributed by atoms with Gasteiger partial charge in [-0.1, -0.05) is 45.2 Å². The molecule has 146 valence electrons. The molecule has 1 amide bonds. The molecule has 0 saturated heterocycles. The third-order valence-corrected chi connectivity index (χ3v) is 5.48. The summed E-state index contributed by atoms with van der Waals surface area (Å²) >= 11 is 7.35. The zero-order valence-electron chi connectivity index (χ0n) is 15.6. The van der Waals surface area contributed by atoms with Crippen molar-refractivity contribution in [2.45, 2.75) is 69.4 Å². The summed E-state index contributed by atoms with van der Waals surface area (Å²) in [6.07, 6.45) is 4.38. The minimum Gasteiger partial charge on any atom is -0.465 e. The topological polar surface area (TPSA) is 55.4 Å². The van der Waals surface area contributed by atoms with Gasteiger partial charge < -0.3 is 10.1 Å². The van der Waals surface area contributed by atoms with Gasteiger partial charge >= 0.3 is 5.97 Å². The van der Waals surface area contributed by atoms with E-state index in [1.807, 2.05) is 13.8 Å². The van der Waals surface area contributed by atoms with Gasteiger partial charge in [0.05, 0.1) is 17.3 Å². The largest absolute Gasteiger partial charge is 0.465 e. The molecule has 0 spiro atoms. The normalized spacial score (nSPS) is 11.9. The van der Waals surface area contributed by atoms with Gasteiger partial charge in [0.15, 0.2) is 0 Å². The summed E-state index contributed by atoms with van der Waals surface area (Å²) in [6, 6.07) is 2.64. The maximum absolute atomic E-state index is 14.1. The van der Waals surface area contributed by atoms with Gasteiger partial charge in [-0.15, -0.1) is 11.8 Å². The summed E-state index contributed by atoms with van der Waals surface area (Å²) < 4.78 is 19.3. The van der Waals surface area contributed by atoms with Crippen LogP contribution in [0.25, 0.3) is 0 Å². The number of esters is 1. The van der Waals surface area contributed by atoms with Gasteiger partial charge in [-0.3, -0.25) is 9.59 Å². The molecule has 0 heterocycles. The van der Waals surface area contributed by atoms with E-state index in [2.05, 4.69) is 12.2 Å². The van der Waals surface area contributed by atoms with Crippen LogP contribution in [0, 0.1) is 5.82 Å². The van der Waals surface area contributed by atoms with E-state index in [0.29, 0.717) is 24.3 Å². The lowest BCUT2D eigenvalue weighted by Crippen LogP contribution is -2.20. The number of halogens is 2. The van der Waals surface area contributed by atoms with Crippen LogP contribution in [0.5, 0.6) is 0 Å². The zero-order valence-corrected chi connectivity index (χ0v) is 17.1. The van der Waals surface area contributed by atoms with Crippen LogP contribution in [0.15, 0.2) is 17.0 Å². The summed E-state index contributed by atoms with van der Waals surface area (Å²) in [5, 5.41) is 2.36. The van der Waals surface area contributed by atoms with Crippen LogP contribution in [0.2, 0.25) is 5.02 Å². The van der Waals surface area contributed by atoms with Crippen molar-refractivity contribution in [2.75, 3.05) is 11.9 Å². The molecule has 0 bridgehead atoms. The van der Waals surface area contributed by atoms with E-state index < -0.39 is 11.1 Å². The highest BCUT2D eigenvalue weighted by molar-refractivity contribution is 8.00. The molecule has 0 aromatic heterocycles. The number of carbonyl (C=O) groups excluding carboxylic acids is 2. The Labute approximate surface area is 164 Å². The van der Waals surface area contributed by atoms with Gasteiger partial charge in [0.25, 0.3) is 0 Å². The van der Waals surface area contributed by atoms with Crippen LogP contribution in [0.1, 0.15) is 59.3 Å². The highest BCUT2D eigenvalue weighted by Crippen LogP contribution is 2.36. The number of anilines is 1. The number of thioether (sulfide) groups is 1. The van der Waals surface area contributed by atoms with E-state index in [1.54, 1.807) is 0 Å². The maximum Gasteiger partial charge on any atom is 0.319 e. The Morgan fingerprint density at radius 3 is 2.58 bits per heavy atom. The zero-order chi connectivity index (χ0) is 19.5. The first-order valence-corrected chi connectivity index (χ1v) is 10.3. The van der Waals surface area contributed by atoms with E-state index in [4.69, 9.17) is 16.3 Å². The molecular formula is C19H27ClFNO3S. The van der Waals surface area contributed by atoms with Crippen molar-refractivity contribution in [1.82, 2.24) is 0 Å². The Kier molecular flexibility index (Phi) is 10.7. The molecule has 1 aromatic carbocycles. The quantitative estimate of drug-likeness (QED) is 0.287. The van der Waals surface area contributed by atoms with Gasteiger partial charge in [-0.25, -0.2) is 4.39 Å². The number of nitrogens with one attached hydrogen (secondary N) is 1. The number of unbranched alkanes of at least 4 members (excludes halogenated alkanes) is 2. The predicted octanol–water partition coefficient (Wildman–Crippen LogP) is 5.82. The first-order valence-electron chi connectivity index (χ1n) is 9.05. The van der Waals surface area contributed by atoms with Crippen molar-refractivity contribution in [1.29, 1.82) is 0 Å². The van der Waals surface area contributed by atoms with Gasteiger partial charge in [0.2, 0.25) is 5.91 Å². The molecule has 1 rings (SSSR count). The molecular weight excluding hydrogens is 377 g/mol. The second-order valence-corrected chi connectivity index (χ2v) is 7.60. The summed E-state index contributed by atoms with van der Waals surface area (Å²) in [6.45, 7) is 6.22. The molecule has 0 saturated carbocycles. The standard InChI is InChI=1S/C19H27ClFNO3S/c1-4-7-8-9-18(23)22-15-12-17(13(20)11-14(15)21)26-16(6-3)19(24)25-10-5-2/h11-12,16H,4-10H2,1-3H3,(H,22,23). The number of hydrogen-bond donors (Lipinski definition) is 1. The van der Waals surface area contributed by atoms with Crippen LogP contribution in [-0.2, 0) is 14.3 Å². The third-order valence-electron chi connectivity index (χ3n) is 3.65. The number of rotatable bonds is 11. The number of ether oxygens (including phenoxy) is 1. The van der Waals surface area contributed by atoms with Crippen molar-refractivity contribution < 1.29 is 18.7 Å². The molecule has 1 unspecified atom stereocenters. The van der Waals surface area contributed by atoms with E-state index in [-0.39, 0.29) is 22.6 Å². The minimum atomic E-state index is -0.593. The number of amides is 1. The van der Waals surface area contributed by atoms with Crippen LogP contribution in [-0.4, -0.2) is 23.7 Å². The molecule has 0 aliphatic carbocycles. The average molecular weight is 404 g/mol. The maximum atomic E-state index is 14.1. The van der Waals surface area contributed by atoms with Gasteiger partial charge in [-0.2, -0.15) is 0 Å². The molecule has 1 atom stereocenters. The lowest BCUT2D eigenvalue weighted by molar-refractivity contribution is -0.143. The highest BCUT2D eigenvalue weighted by atomic mass is 35.5. The Morgan fingerprint density at radius 2 is 1.96 bits per heavy atom. The van der Waals surface area contributed by atoms with Gasteiger partial charge in [0, 0.05) is 11.3 Å². The SMILES string of the molecule is CCCCCC(=O)Nc1cc(SC(CC)C(=O)OCCC)c(Cl)cc1F. The smallest absolute Gasteiger partial charge is 0.319 e. The molecule has 7 heteroatoms. The number of benzene rings is 1. The lowest BCUT2D eigenvalue weighted by Gasteiger charge is -2.16. The molecule has 0 aliphatic heterocycles. The molecule has 26 heavy (non-hydrogen) atoms. The van der Waals surface area contributed by atoms with Gasteiger partial charge in [-0.05, 0) is 31.4 Å². The fourth-order valence-corrected chi connectivity index (χ4v) is 3.49. The molecule has 0 radical (unpaired) electrons. The molecule has 4 nitrogen and oxygen atoms in total. The van der Waals surface area contributed by atoms with Gasteiger partial charge in [0.1, 0.15) is 11.1 Å². The third kappa shape index (κ3) is 7.54. The highest BCUT2D eigenvalue weighted by Gasteiger charge is 2.22. The predicted molar refractivity (Wildman–Crippen MR) is 105 cm³/mol. The Morgan fingerprint density at radius 1 is 1.23 bits per heavy atom. The minimum absolute atomic E-state index is 0.0789. The van der Waals surface area contributed by atoms with Crippen molar-refractivity contribution in [3.63, 3.8) is 0 Å². The molecule has 0 aliphatic rings. The molecule has 1 aromatic rings. The Balaban J connectivity index is 2.85.